The number of pyridine rings is 1. The molecule has 292 valence electrons. The maximum absolute atomic E-state index is 14.0. The van der Waals surface area contributed by atoms with Crippen molar-refractivity contribution < 1.29 is 23.9 Å². The lowest BCUT2D eigenvalue weighted by Crippen LogP contribution is -2.51. The van der Waals surface area contributed by atoms with E-state index in [9.17, 15) is 19.2 Å². The molecule has 6 atom stereocenters. The first-order valence-corrected chi connectivity index (χ1v) is 19.9. The maximum atomic E-state index is 14.0. The topological polar surface area (TPSA) is 175 Å². The number of fused-ring (bicyclic) bond motifs is 5. The minimum absolute atomic E-state index is 0.0193. The first-order valence-electron chi connectivity index (χ1n) is 19.9. The molecular formula is C44H46N8O5. The number of H-pyrrole nitrogens is 2. The summed E-state index contributed by atoms with van der Waals surface area (Å²) in [5.74, 6) is 1.86. The number of carbonyl (C=O) groups excluding carboxylic acids is 4. The van der Waals surface area contributed by atoms with Crippen molar-refractivity contribution in [3.63, 3.8) is 0 Å². The van der Waals surface area contributed by atoms with E-state index >= 15 is 0 Å². The molecule has 2 saturated carbocycles. The Bertz CT molecular complexity index is 2370. The summed E-state index contributed by atoms with van der Waals surface area (Å²) in [6, 6.07) is 14.7. The molecule has 4 aliphatic rings. The number of methoxy groups -OCH3 is 1. The number of amides is 3. The van der Waals surface area contributed by atoms with Crippen LogP contribution in [0.1, 0.15) is 91.0 Å². The van der Waals surface area contributed by atoms with Crippen LogP contribution in [0.25, 0.3) is 33.6 Å². The smallest absolute Gasteiger partial charge is 0.407 e. The van der Waals surface area contributed by atoms with Gasteiger partial charge in [0.25, 0.3) is 0 Å². The number of aromatic amines is 2. The largest absolute Gasteiger partial charge is 0.453 e. The van der Waals surface area contributed by atoms with Crippen LogP contribution >= 0.6 is 0 Å². The van der Waals surface area contributed by atoms with Gasteiger partial charge in [0.2, 0.25) is 11.8 Å². The van der Waals surface area contributed by atoms with Crippen molar-refractivity contribution in [1.29, 1.82) is 0 Å². The van der Waals surface area contributed by atoms with E-state index < -0.39 is 12.1 Å². The summed E-state index contributed by atoms with van der Waals surface area (Å²) in [7, 11) is 1.28. The van der Waals surface area contributed by atoms with Crippen molar-refractivity contribution in [2.75, 3.05) is 13.7 Å². The van der Waals surface area contributed by atoms with Crippen molar-refractivity contribution in [3.8, 4) is 33.6 Å². The maximum Gasteiger partial charge on any atom is 0.407 e. The van der Waals surface area contributed by atoms with Crippen LogP contribution in [0, 0.1) is 23.7 Å². The van der Waals surface area contributed by atoms with Gasteiger partial charge in [-0.05, 0) is 84.7 Å². The van der Waals surface area contributed by atoms with Gasteiger partial charge in [0, 0.05) is 53.7 Å². The molecule has 0 spiro atoms. The van der Waals surface area contributed by atoms with Crippen LogP contribution in [0.4, 0.5) is 4.79 Å². The summed E-state index contributed by atoms with van der Waals surface area (Å²) >= 11 is 0. The van der Waals surface area contributed by atoms with Crippen molar-refractivity contribution in [1.82, 2.24) is 40.5 Å². The molecule has 1 aliphatic heterocycles. The molecule has 4 N–H and O–H groups in total. The minimum atomic E-state index is -0.718. The first-order chi connectivity index (χ1) is 27.7. The summed E-state index contributed by atoms with van der Waals surface area (Å²) in [4.78, 5) is 75.7. The van der Waals surface area contributed by atoms with Gasteiger partial charge in [-0.3, -0.25) is 19.4 Å². The number of benzene rings is 2. The normalized spacial score (nSPS) is 22.4. The van der Waals surface area contributed by atoms with Gasteiger partial charge in [0.15, 0.2) is 5.78 Å². The number of aromatic nitrogens is 5. The highest BCUT2D eigenvalue weighted by Gasteiger charge is 2.52. The fourth-order valence-electron chi connectivity index (χ4n) is 9.78. The number of hydrogen-bond acceptors (Lipinski definition) is 8. The van der Waals surface area contributed by atoms with Gasteiger partial charge in [-0.15, -0.1) is 0 Å². The highest BCUT2D eigenvalue weighted by Crippen LogP contribution is 2.56. The Balaban J connectivity index is 0.911. The number of hydrogen-bond donors (Lipinski definition) is 4. The van der Waals surface area contributed by atoms with Gasteiger partial charge in [0.05, 0.1) is 42.9 Å². The van der Waals surface area contributed by atoms with Crippen LogP contribution in [0.3, 0.4) is 0 Å². The van der Waals surface area contributed by atoms with Gasteiger partial charge in [-0.2, -0.15) is 0 Å². The number of ether oxygens (including phenoxy) is 1. The van der Waals surface area contributed by atoms with E-state index in [0.717, 1.165) is 77.1 Å². The third-order valence-corrected chi connectivity index (χ3v) is 12.6. The van der Waals surface area contributed by atoms with Crippen LogP contribution in [0.2, 0.25) is 0 Å². The number of rotatable bonds is 10. The summed E-state index contributed by atoms with van der Waals surface area (Å²) in [6.45, 7) is 4.79. The van der Waals surface area contributed by atoms with Gasteiger partial charge in [0.1, 0.15) is 17.7 Å². The van der Waals surface area contributed by atoms with E-state index in [1.165, 1.54) is 7.11 Å². The molecule has 3 unspecified atom stereocenters. The average Bonchev–Trinajstić information content (AvgIpc) is 4.10. The number of likely N-dealkylation sites (tertiary alicyclic amines) is 1. The summed E-state index contributed by atoms with van der Waals surface area (Å²) in [5.41, 5.74) is 7.24. The molecular weight excluding hydrogens is 721 g/mol. The van der Waals surface area contributed by atoms with Crippen LogP contribution in [0.5, 0.6) is 0 Å². The van der Waals surface area contributed by atoms with Crippen LogP contribution in [-0.4, -0.2) is 73.2 Å². The lowest BCUT2D eigenvalue weighted by molar-refractivity contribution is -0.135. The van der Waals surface area contributed by atoms with Crippen molar-refractivity contribution in [2.24, 2.45) is 23.7 Å². The molecule has 13 nitrogen and oxygen atoms in total. The molecule has 9 rings (SSSR count). The molecule has 1 saturated heterocycles. The predicted octanol–water partition coefficient (Wildman–Crippen LogP) is 6.56. The van der Waals surface area contributed by atoms with Crippen molar-refractivity contribution in [2.45, 2.75) is 70.5 Å². The zero-order valence-corrected chi connectivity index (χ0v) is 32.2. The lowest BCUT2D eigenvalue weighted by Gasteiger charge is -2.30. The number of imidazole rings is 2. The van der Waals surface area contributed by atoms with Gasteiger partial charge in [-0.1, -0.05) is 44.2 Å². The lowest BCUT2D eigenvalue weighted by atomic mass is 9.78. The summed E-state index contributed by atoms with van der Waals surface area (Å²) in [6.07, 6.45) is 11.2. The Morgan fingerprint density at radius 3 is 2.23 bits per heavy atom. The second-order valence-corrected chi connectivity index (χ2v) is 16.2. The molecule has 3 aromatic heterocycles. The van der Waals surface area contributed by atoms with Crippen molar-refractivity contribution in [3.05, 3.63) is 102 Å². The molecule has 4 heterocycles. The molecule has 5 aromatic rings. The van der Waals surface area contributed by atoms with Crippen molar-refractivity contribution >= 4 is 23.7 Å². The average molecular weight is 767 g/mol. The predicted molar refractivity (Wildman–Crippen MR) is 211 cm³/mol. The monoisotopic (exact) mass is 766 g/mol. The van der Waals surface area contributed by atoms with E-state index in [-0.39, 0.29) is 41.4 Å². The summed E-state index contributed by atoms with van der Waals surface area (Å²) in [5, 5.41) is 5.85. The SMILES string of the molecule is COC(=O)N[C@H](C(=O)N1CCC[C@H]1c1ncc(-c2ccc3c(c2)C(=O)c2cc(-c4cnc([C@@H]5C6CCC(C6)C5C(=O)NCc5cccnc5)[nH]4)ccc2-3)[nH]1)C(C)C. The second kappa shape index (κ2) is 14.8. The highest BCUT2D eigenvalue weighted by molar-refractivity contribution is 6.22. The zero-order valence-electron chi connectivity index (χ0n) is 32.2. The third-order valence-electron chi connectivity index (χ3n) is 12.6. The molecule has 2 bridgehead atoms. The van der Waals surface area contributed by atoms with E-state index in [4.69, 9.17) is 9.72 Å². The van der Waals surface area contributed by atoms with Crippen LogP contribution in [-0.2, 0) is 20.9 Å². The Morgan fingerprint density at radius 1 is 0.877 bits per heavy atom. The van der Waals surface area contributed by atoms with Crippen LogP contribution < -0.4 is 10.6 Å². The molecule has 2 aromatic carbocycles. The molecule has 57 heavy (non-hydrogen) atoms. The molecule has 3 fully saturated rings. The second-order valence-electron chi connectivity index (χ2n) is 16.2. The number of nitrogens with one attached hydrogen (secondary N) is 4. The molecule has 3 amide bonds. The van der Waals surface area contributed by atoms with Gasteiger partial charge < -0.3 is 30.2 Å². The number of nitrogens with zero attached hydrogens (tertiary/aromatic N) is 4. The number of ketones is 1. The van der Waals surface area contributed by atoms with E-state index in [1.807, 2.05) is 68.6 Å². The quantitative estimate of drug-likeness (QED) is 0.121. The summed E-state index contributed by atoms with van der Waals surface area (Å²) < 4.78 is 4.77. The van der Waals surface area contributed by atoms with Gasteiger partial charge >= 0.3 is 6.09 Å². The highest BCUT2D eigenvalue weighted by atomic mass is 16.5. The Labute approximate surface area is 330 Å². The fourth-order valence-corrected chi connectivity index (χ4v) is 9.78. The zero-order chi connectivity index (χ0) is 39.4. The Hall–Kier alpha value is -6.11. The Morgan fingerprint density at radius 2 is 1.56 bits per heavy atom. The first kappa shape index (κ1) is 36.5. The molecule has 13 heteroatoms. The standard InChI is InChI=1S/C44H46N8O5/c1-23(2)38(51-44(56)57-3)43(55)52-15-5-7-35(52)40-46-21-33(49-40)25-10-12-29-30-13-11-26(18-32(30)39(53)31(29)17-25)34-22-47-41(50-34)36-27-8-9-28(16-27)37(36)42(54)48-20-24-6-4-14-45-19-24/h4,6,10-14,17-19,21-23,27-28,35-38H,5,7-9,15-16,20H2,1-3H3,(H,46,49)(H,47,50)(H,48,54)(H,51,56)/t27?,28?,35-,36+,37?,38-/m0/s1. The molecule has 3 aliphatic carbocycles. The number of carbonyl (C=O) groups is 4. The third kappa shape index (κ3) is 6.58. The van der Waals surface area contributed by atoms with E-state index in [2.05, 4.69) is 30.6 Å². The number of alkyl carbamates (subject to hydrolysis) is 1. The fraction of sp³-hybridized carbons (Fsp3) is 0.386. The van der Waals surface area contributed by atoms with E-state index in [1.54, 1.807) is 23.5 Å². The van der Waals surface area contributed by atoms with Crippen LogP contribution in [0.15, 0.2) is 73.3 Å². The Kier molecular flexibility index (Phi) is 9.46. The van der Waals surface area contributed by atoms with E-state index in [0.29, 0.717) is 41.9 Å². The molecule has 0 radical (unpaired) electrons. The van der Waals surface area contributed by atoms with Gasteiger partial charge in [-0.25, -0.2) is 14.8 Å². The minimum Gasteiger partial charge on any atom is -0.453 e.